The number of amides is 1. The summed E-state index contributed by atoms with van der Waals surface area (Å²) in [5, 5.41) is 2.17. The summed E-state index contributed by atoms with van der Waals surface area (Å²) in [6, 6.07) is 0. The Morgan fingerprint density at radius 1 is 1.09 bits per heavy atom. The van der Waals surface area contributed by atoms with E-state index in [4.69, 9.17) is 20.4 Å². The van der Waals surface area contributed by atoms with Crippen molar-refractivity contribution in [3.8, 4) is 11.3 Å². The van der Waals surface area contributed by atoms with Gasteiger partial charge in [0, 0.05) is 75.8 Å². The molecule has 2 fully saturated rings. The first-order chi connectivity index (χ1) is 16.1. The Labute approximate surface area is 196 Å². The van der Waals surface area contributed by atoms with Gasteiger partial charge in [-0.3, -0.25) is 9.69 Å². The average molecular weight is 469 g/mol. The molecule has 33 heavy (non-hydrogen) atoms. The second-order valence-electron chi connectivity index (χ2n) is 8.25. The molecule has 0 aliphatic carbocycles. The lowest BCUT2D eigenvalue weighted by Gasteiger charge is -2.34. The van der Waals surface area contributed by atoms with Crippen molar-refractivity contribution in [1.82, 2.24) is 29.7 Å². The van der Waals surface area contributed by atoms with Gasteiger partial charge in [-0.25, -0.2) is 19.9 Å². The molecule has 0 bridgehead atoms. The molecule has 11 heteroatoms. The van der Waals surface area contributed by atoms with Gasteiger partial charge in [0.25, 0.3) is 0 Å². The molecule has 10 nitrogen and oxygen atoms in total. The third kappa shape index (κ3) is 4.61. The average Bonchev–Trinajstić information content (AvgIpc) is 3.27. The lowest BCUT2D eigenvalue weighted by Crippen LogP contribution is -2.48. The largest absolute Gasteiger partial charge is 0.378 e. The maximum absolute atomic E-state index is 12.0. The molecular weight excluding hydrogens is 440 g/mol. The lowest BCUT2D eigenvalue weighted by molar-refractivity contribution is -0.132. The molecule has 0 saturated carbocycles. The SMILES string of the molecule is CCC(=O)N1CCN(Cc2csc3c(-c4cnc(N)nc4)nc(N4CCOCC4)nc23)CC1. The second kappa shape index (κ2) is 9.54. The van der Waals surface area contributed by atoms with Crippen molar-refractivity contribution in [2.24, 2.45) is 0 Å². The van der Waals surface area contributed by atoms with Crippen molar-refractivity contribution in [2.75, 3.05) is 63.1 Å². The number of ether oxygens (including phenoxy) is 1. The minimum absolute atomic E-state index is 0.230. The number of hydrogen-bond donors (Lipinski definition) is 1. The van der Waals surface area contributed by atoms with E-state index in [1.165, 1.54) is 5.56 Å². The van der Waals surface area contributed by atoms with E-state index in [0.29, 0.717) is 25.6 Å². The van der Waals surface area contributed by atoms with E-state index < -0.39 is 0 Å². The summed E-state index contributed by atoms with van der Waals surface area (Å²) in [6.45, 7) is 8.84. The number of thiophene rings is 1. The fraction of sp³-hybridized carbons (Fsp3) is 0.500. The zero-order valence-electron chi connectivity index (χ0n) is 18.7. The van der Waals surface area contributed by atoms with Crippen LogP contribution in [0.15, 0.2) is 17.8 Å². The summed E-state index contributed by atoms with van der Waals surface area (Å²) in [5.74, 6) is 1.18. The second-order valence-corrected chi connectivity index (χ2v) is 9.13. The van der Waals surface area contributed by atoms with Crippen LogP contribution in [0.3, 0.4) is 0 Å². The van der Waals surface area contributed by atoms with Crippen LogP contribution < -0.4 is 10.6 Å². The summed E-state index contributed by atoms with van der Waals surface area (Å²) in [6.07, 6.45) is 4.00. The first-order valence-electron chi connectivity index (χ1n) is 11.3. The van der Waals surface area contributed by atoms with Crippen molar-refractivity contribution in [2.45, 2.75) is 19.9 Å². The predicted octanol–water partition coefficient (Wildman–Crippen LogP) is 1.62. The molecule has 174 valence electrons. The fourth-order valence-corrected chi connectivity index (χ4v) is 5.26. The van der Waals surface area contributed by atoms with Crippen LogP contribution in [0.5, 0.6) is 0 Å². The van der Waals surface area contributed by atoms with Gasteiger partial charge in [-0.1, -0.05) is 6.92 Å². The van der Waals surface area contributed by atoms with Crippen molar-refractivity contribution in [1.29, 1.82) is 0 Å². The number of carbonyl (C=O) groups is 1. The maximum Gasteiger partial charge on any atom is 0.226 e. The highest BCUT2D eigenvalue weighted by Gasteiger charge is 2.24. The molecule has 3 aromatic heterocycles. The number of fused-ring (bicyclic) bond motifs is 1. The highest BCUT2D eigenvalue weighted by atomic mass is 32.1. The van der Waals surface area contributed by atoms with Crippen LogP contribution in [0.4, 0.5) is 11.9 Å². The lowest BCUT2D eigenvalue weighted by atomic mass is 10.1. The molecule has 2 aliphatic heterocycles. The van der Waals surface area contributed by atoms with E-state index in [0.717, 1.165) is 67.3 Å². The first kappa shape index (κ1) is 21.9. The Bertz CT molecular complexity index is 1120. The summed E-state index contributed by atoms with van der Waals surface area (Å²) < 4.78 is 6.54. The summed E-state index contributed by atoms with van der Waals surface area (Å²) >= 11 is 1.65. The monoisotopic (exact) mass is 468 g/mol. The third-order valence-electron chi connectivity index (χ3n) is 6.14. The van der Waals surface area contributed by atoms with Crippen LogP contribution in [-0.2, 0) is 16.1 Å². The fourth-order valence-electron chi connectivity index (χ4n) is 4.25. The highest BCUT2D eigenvalue weighted by Crippen LogP contribution is 2.35. The number of nitrogens with zero attached hydrogens (tertiary/aromatic N) is 7. The number of nitrogen functional groups attached to an aromatic ring is 1. The van der Waals surface area contributed by atoms with Crippen LogP contribution in [0, 0.1) is 0 Å². The maximum atomic E-state index is 12.0. The zero-order valence-corrected chi connectivity index (χ0v) is 19.6. The predicted molar refractivity (Wildman–Crippen MR) is 128 cm³/mol. The Hall–Kier alpha value is -2.89. The third-order valence-corrected chi connectivity index (χ3v) is 7.16. The van der Waals surface area contributed by atoms with Crippen LogP contribution in [0.25, 0.3) is 21.5 Å². The standard InChI is InChI=1S/C22H28N8O2S/c1-2-17(31)29-5-3-28(4-6-29)13-16-14-33-20-18(15-11-24-21(23)25-12-15)26-22(27-19(16)20)30-7-9-32-10-8-30/h11-12,14H,2-10,13H2,1H3,(H2,23,24,25). The summed E-state index contributed by atoms with van der Waals surface area (Å²) in [4.78, 5) is 36.8. The van der Waals surface area contributed by atoms with Gasteiger partial charge >= 0.3 is 0 Å². The Morgan fingerprint density at radius 3 is 2.52 bits per heavy atom. The molecular formula is C22H28N8O2S. The number of carbonyl (C=O) groups excluding carboxylic acids is 1. The van der Waals surface area contributed by atoms with Crippen LogP contribution in [0.1, 0.15) is 18.9 Å². The van der Waals surface area contributed by atoms with E-state index in [1.54, 1.807) is 23.7 Å². The van der Waals surface area contributed by atoms with Crippen LogP contribution in [-0.4, -0.2) is 88.1 Å². The Balaban J connectivity index is 1.47. The summed E-state index contributed by atoms with van der Waals surface area (Å²) in [7, 11) is 0. The van der Waals surface area contributed by atoms with E-state index in [-0.39, 0.29) is 11.9 Å². The van der Waals surface area contributed by atoms with Gasteiger partial charge in [0.1, 0.15) is 0 Å². The van der Waals surface area contributed by atoms with Gasteiger partial charge in [0.2, 0.25) is 17.8 Å². The van der Waals surface area contributed by atoms with Gasteiger partial charge in [0.15, 0.2) is 0 Å². The van der Waals surface area contributed by atoms with Crippen molar-refractivity contribution < 1.29 is 9.53 Å². The van der Waals surface area contributed by atoms with Gasteiger partial charge in [-0.05, 0) is 5.38 Å². The van der Waals surface area contributed by atoms with Gasteiger partial charge in [0.05, 0.1) is 29.1 Å². The molecule has 2 N–H and O–H groups in total. The number of aromatic nitrogens is 4. The number of hydrogen-bond acceptors (Lipinski definition) is 10. The molecule has 0 radical (unpaired) electrons. The molecule has 1 amide bonds. The molecule has 5 rings (SSSR count). The van der Waals surface area contributed by atoms with Crippen LogP contribution in [0.2, 0.25) is 0 Å². The van der Waals surface area contributed by atoms with E-state index in [1.807, 2.05) is 11.8 Å². The van der Waals surface area contributed by atoms with Gasteiger partial charge in [-0.2, -0.15) is 0 Å². The molecule has 2 saturated heterocycles. The van der Waals surface area contributed by atoms with E-state index in [9.17, 15) is 4.79 Å². The minimum atomic E-state index is 0.230. The smallest absolute Gasteiger partial charge is 0.226 e. The molecule has 5 heterocycles. The molecule has 0 unspecified atom stereocenters. The molecule has 3 aromatic rings. The minimum Gasteiger partial charge on any atom is -0.378 e. The van der Waals surface area contributed by atoms with E-state index in [2.05, 4.69) is 25.1 Å². The molecule has 0 spiro atoms. The number of morpholine rings is 1. The molecule has 0 atom stereocenters. The van der Waals surface area contributed by atoms with E-state index >= 15 is 0 Å². The van der Waals surface area contributed by atoms with Gasteiger partial charge < -0.3 is 20.3 Å². The quantitative estimate of drug-likeness (QED) is 0.597. The highest BCUT2D eigenvalue weighted by molar-refractivity contribution is 7.17. The summed E-state index contributed by atoms with van der Waals surface area (Å²) in [5.41, 5.74) is 9.51. The van der Waals surface area contributed by atoms with Crippen molar-refractivity contribution in [3.05, 3.63) is 23.3 Å². The number of piperazine rings is 1. The molecule has 0 aromatic carbocycles. The Morgan fingerprint density at radius 2 is 1.82 bits per heavy atom. The number of rotatable bonds is 5. The number of anilines is 2. The first-order valence-corrected chi connectivity index (χ1v) is 12.2. The van der Waals surface area contributed by atoms with Gasteiger partial charge in [-0.15, -0.1) is 11.3 Å². The van der Waals surface area contributed by atoms with Crippen molar-refractivity contribution >= 4 is 39.4 Å². The number of nitrogens with two attached hydrogens (primary N) is 1. The normalized spacial score (nSPS) is 17.6. The van der Waals surface area contributed by atoms with Crippen LogP contribution >= 0.6 is 11.3 Å². The molecule has 2 aliphatic rings. The Kier molecular flexibility index (Phi) is 6.34. The topological polar surface area (TPSA) is 114 Å². The van der Waals surface area contributed by atoms with Crippen molar-refractivity contribution in [3.63, 3.8) is 0 Å². The zero-order chi connectivity index (χ0) is 22.8.